The number of carbonyl (C=O) groups is 2. The fourth-order valence-electron chi connectivity index (χ4n) is 2.51. The van der Waals surface area contributed by atoms with Crippen LogP contribution in [-0.4, -0.2) is 50.7 Å². The number of nitrogens with one attached hydrogen (secondary N) is 1. The second kappa shape index (κ2) is 7.38. The molecule has 2 amide bonds. The highest BCUT2D eigenvalue weighted by molar-refractivity contribution is 7.99. The minimum atomic E-state index is -0.344. The molecular formula is C16H26N4O2S. The van der Waals surface area contributed by atoms with Crippen LogP contribution in [0, 0.1) is 5.41 Å². The van der Waals surface area contributed by atoms with E-state index in [0.717, 1.165) is 12.0 Å². The fourth-order valence-corrected chi connectivity index (χ4v) is 3.69. The van der Waals surface area contributed by atoms with Crippen LogP contribution >= 0.6 is 11.8 Å². The lowest BCUT2D eigenvalue weighted by atomic mass is 9.91. The second-order valence-corrected chi connectivity index (χ2v) is 8.18. The van der Waals surface area contributed by atoms with Crippen molar-refractivity contribution < 1.29 is 9.59 Å². The zero-order valence-electron chi connectivity index (χ0n) is 14.3. The summed E-state index contributed by atoms with van der Waals surface area (Å²) in [6.45, 7) is 6.68. The third-order valence-electron chi connectivity index (χ3n) is 3.66. The molecule has 1 atom stereocenters. The van der Waals surface area contributed by atoms with E-state index in [9.17, 15) is 9.59 Å². The van der Waals surface area contributed by atoms with E-state index < -0.39 is 0 Å². The molecule has 1 aliphatic rings. The molecule has 23 heavy (non-hydrogen) atoms. The molecule has 1 N–H and O–H groups in total. The maximum Gasteiger partial charge on any atom is 0.243 e. The topological polar surface area (TPSA) is 67.2 Å². The molecule has 1 saturated heterocycles. The van der Waals surface area contributed by atoms with Gasteiger partial charge in [-0.05, 0) is 17.4 Å². The maximum atomic E-state index is 12.4. The molecular weight excluding hydrogens is 312 g/mol. The Morgan fingerprint density at radius 3 is 2.78 bits per heavy atom. The average molecular weight is 338 g/mol. The maximum absolute atomic E-state index is 12.4. The van der Waals surface area contributed by atoms with Gasteiger partial charge >= 0.3 is 0 Å². The van der Waals surface area contributed by atoms with Gasteiger partial charge in [-0.3, -0.25) is 14.3 Å². The Kier molecular flexibility index (Phi) is 5.73. The molecule has 1 aliphatic heterocycles. The van der Waals surface area contributed by atoms with E-state index in [1.165, 1.54) is 0 Å². The predicted octanol–water partition coefficient (Wildman–Crippen LogP) is 1.42. The van der Waals surface area contributed by atoms with Gasteiger partial charge in [-0.2, -0.15) is 5.10 Å². The van der Waals surface area contributed by atoms with Crippen LogP contribution in [0.25, 0.3) is 0 Å². The van der Waals surface area contributed by atoms with E-state index in [1.54, 1.807) is 27.5 Å². The Morgan fingerprint density at radius 2 is 2.17 bits per heavy atom. The van der Waals surface area contributed by atoms with Crippen LogP contribution < -0.4 is 5.32 Å². The van der Waals surface area contributed by atoms with Gasteiger partial charge in [0.2, 0.25) is 11.8 Å². The Labute approximate surface area is 142 Å². The van der Waals surface area contributed by atoms with Crippen molar-refractivity contribution in [3.8, 4) is 0 Å². The summed E-state index contributed by atoms with van der Waals surface area (Å²) in [4.78, 5) is 26.5. The summed E-state index contributed by atoms with van der Waals surface area (Å²) >= 11 is 1.64. The molecule has 1 aromatic heterocycles. The van der Waals surface area contributed by atoms with Crippen LogP contribution in [0.3, 0.4) is 0 Å². The van der Waals surface area contributed by atoms with Crippen molar-refractivity contribution in [2.24, 2.45) is 12.5 Å². The molecule has 0 saturated carbocycles. The quantitative estimate of drug-likeness (QED) is 0.882. The molecule has 2 heterocycles. The van der Waals surface area contributed by atoms with Gasteiger partial charge in [0.05, 0.1) is 12.1 Å². The SMILES string of the molecule is Cn1cc(CCNC(=O)C2CSCN2C(=O)CC(C)(C)C)cn1. The molecule has 1 fully saturated rings. The highest BCUT2D eigenvalue weighted by Gasteiger charge is 2.35. The number of hydrogen-bond donors (Lipinski definition) is 1. The largest absolute Gasteiger partial charge is 0.354 e. The van der Waals surface area contributed by atoms with Gasteiger partial charge in [0.1, 0.15) is 6.04 Å². The van der Waals surface area contributed by atoms with E-state index in [4.69, 9.17) is 0 Å². The number of amides is 2. The molecule has 0 radical (unpaired) electrons. The van der Waals surface area contributed by atoms with Crippen LogP contribution in [0.1, 0.15) is 32.8 Å². The van der Waals surface area contributed by atoms with Crippen LogP contribution in [0.15, 0.2) is 12.4 Å². The van der Waals surface area contributed by atoms with E-state index in [0.29, 0.717) is 24.6 Å². The summed E-state index contributed by atoms with van der Waals surface area (Å²) in [7, 11) is 1.87. The van der Waals surface area contributed by atoms with Gasteiger partial charge in [-0.25, -0.2) is 0 Å². The lowest BCUT2D eigenvalue weighted by molar-refractivity contribution is -0.139. The van der Waals surface area contributed by atoms with Crippen LogP contribution in [0.4, 0.5) is 0 Å². The number of nitrogens with zero attached hydrogens (tertiary/aromatic N) is 3. The molecule has 1 unspecified atom stereocenters. The van der Waals surface area contributed by atoms with Crippen molar-refractivity contribution in [3.05, 3.63) is 18.0 Å². The summed E-state index contributed by atoms with van der Waals surface area (Å²) in [6.07, 6.45) is 4.95. The summed E-state index contributed by atoms with van der Waals surface area (Å²) in [5, 5.41) is 7.06. The predicted molar refractivity (Wildman–Crippen MR) is 92.0 cm³/mol. The van der Waals surface area contributed by atoms with Gasteiger partial charge in [0.15, 0.2) is 0 Å². The minimum absolute atomic E-state index is 0.0545. The fraction of sp³-hybridized carbons (Fsp3) is 0.688. The number of carbonyl (C=O) groups excluding carboxylic acids is 2. The van der Waals surface area contributed by atoms with Gasteiger partial charge in [0.25, 0.3) is 0 Å². The molecule has 128 valence electrons. The Morgan fingerprint density at radius 1 is 1.43 bits per heavy atom. The first-order valence-electron chi connectivity index (χ1n) is 7.89. The van der Waals surface area contributed by atoms with Crippen LogP contribution in [0.5, 0.6) is 0 Å². The van der Waals surface area contributed by atoms with Crippen molar-refractivity contribution in [2.45, 2.75) is 39.7 Å². The average Bonchev–Trinajstić information content (AvgIpc) is 3.05. The second-order valence-electron chi connectivity index (χ2n) is 7.18. The first kappa shape index (κ1) is 17.8. The third kappa shape index (κ3) is 5.27. The molecule has 0 bridgehead atoms. The van der Waals surface area contributed by atoms with Crippen molar-refractivity contribution >= 4 is 23.6 Å². The first-order chi connectivity index (χ1) is 10.8. The lowest BCUT2D eigenvalue weighted by Crippen LogP contribution is -2.48. The first-order valence-corrected chi connectivity index (χ1v) is 9.04. The lowest BCUT2D eigenvalue weighted by Gasteiger charge is -2.26. The Hall–Kier alpha value is -1.50. The van der Waals surface area contributed by atoms with Crippen molar-refractivity contribution in [3.63, 3.8) is 0 Å². The molecule has 0 spiro atoms. The highest BCUT2D eigenvalue weighted by atomic mass is 32.2. The molecule has 0 aromatic carbocycles. The van der Waals surface area contributed by atoms with Gasteiger partial charge in [-0.15, -0.1) is 11.8 Å². The zero-order valence-corrected chi connectivity index (χ0v) is 15.2. The summed E-state index contributed by atoms with van der Waals surface area (Å²) < 4.78 is 1.75. The third-order valence-corrected chi connectivity index (χ3v) is 4.67. The summed E-state index contributed by atoms with van der Waals surface area (Å²) in [5.41, 5.74) is 1.03. The molecule has 1 aromatic rings. The summed E-state index contributed by atoms with van der Waals surface area (Å²) in [6, 6.07) is -0.344. The number of hydrogen-bond acceptors (Lipinski definition) is 4. The normalized spacial score (nSPS) is 18.3. The highest BCUT2D eigenvalue weighted by Crippen LogP contribution is 2.26. The molecule has 7 heteroatoms. The number of aromatic nitrogens is 2. The van der Waals surface area contributed by atoms with E-state index in [-0.39, 0.29) is 23.3 Å². The number of aryl methyl sites for hydroxylation is 1. The Balaban J connectivity index is 1.84. The smallest absolute Gasteiger partial charge is 0.243 e. The molecule has 2 rings (SSSR count). The van der Waals surface area contributed by atoms with Crippen molar-refractivity contribution in [1.29, 1.82) is 0 Å². The monoisotopic (exact) mass is 338 g/mol. The summed E-state index contributed by atoms with van der Waals surface area (Å²) in [5.74, 6) is 1.29. The number of rotatable bonds is 5. The van der Waals surface area contributed by atoms with E-state index in [1.807, 2.05) is 34.0 Å². The Bertz CT molecular complexity index is 565. The number of thioether (sulfide) groups is 1. The van der Waals surface area contributed by atoms with E-state index >= 15 is 0 Å². The van der Waals surface area contributed by atoms with Crippen LogP contribution in [-0.2, 0) is 23.1 Å². The van der Waals surface area contributed by atoms with Crippen LogP contribution in [0.2, 0.25) is 0 Å². The van der Waals surface area contributed by atoms with Gasteiger partial charge < -0.3 is 10.2 Å². The van der Waals surface area contributed by atoms with Crippen molar-refractivity contribution in [2.75, 3.05) is 18.2 Å². The van der Waals surface area contributed by atoms with Gasteiger partial charge in [-0.1, -0.05) is 20.8 Å². The van der Waals surface area contributed by atoms with E-state index in [2.05, 4.69) is 10.4 Å². The molecule has 0 aliphatic carbocycles. The minimum Gasteiger partial charge on any atom is -0.354 e. The van der Waals surface area contributed by atoms with Crippen molar-refractivity contribution in [1.82, 2.24) is 20.0 Å². The molecule has 6 nitrogen and oxygen atoms in total. The zero-order chi connectivity index (χ0) is 17.0. The standard InChI is InChI=1S/C16H26N4O2S/c1-16(2,3)7-14(21)20-11-23-10-13(20)15(22)17-6-5-12-8-18-19(4)9-12/h8-9,13H,5-7,10-11H2,1-4H3,(H,17,22). The van der Waals surface area contributed by atoms with Gasteiger partial charge in [0, 0.05) is 32.0 Å².